The second-order valence-corrected chi connectivity index (χ2v) is 15.4. The number of amides is 3. The van der Waals surface area contributed by atoms with Gasteiger partial charge in [0.15, 0.2) is 0 Å². The molecule has 2 fully saturated rings. The predicted molar refractivity (Wildman–Crippen MR) is 225 cm³/mol. The molecule has 318 valence electrons. The van der Waals surface area contributed by atoms with E-state index in [1.807, 2.05) is 36.4 Å². The van der Waals surface area contributed by atoms with E-state index in [9.17, 15) is 19.2 Å². The average molecular weight is 842 g/mol. The molecule has 8 rings (SSSR count). The number of nitrogens with one attached hydrogen (secondary N) is 3. The molecule has 15 heteroatoms. The van der Waals surface area contributed by atoms with E-state index < -0.39 is 41.7 Å². The summed E-state index contributed by atoms with van der Waals surface area (Å²) in [6.45, 7) is 0.938. The quantitative estimate of drug-likeness (QED) is 0.104. The molecule has 2 saturated heterocycles. The highest BCUT2D eigenvalue weighted by atomic mass is 19.1. The smallest absolute Gasteiger partial charge is 0.407 e. The number of benzene rings is 4. The minimum Gasteiger partial charge on any atom is -0.469 e. The zero-order chi connectivity index (χ0) is 43.3. The van der Waals surface area contributed by atoms with Gasteiger partial charge in [0.25, 0.3) is 5.91 Å². The van der Waals surface area contributed by atoms with Crippen LogP contribution in [0.4, 0.5) is 13.6 Å². The van der Waals surface area contributed by atoms with E-state index in [1.54, 1.807) is 64.5 Å². The third-order valence-electron chi connectivity index (χ3n) is 11.7. The molecule has 4 heterocycles. The highest BCUT2D eigenvalue weighted by Gasteiger charge is 2.39. The molecular formula is C47H45F2N7O6. The Morgan fingerprint density at radius 3 is 1.84 bits per heavy atom. The molecule has 13 nitrogen and oxygen atoms in total. The van der Waals surface area contributed by atoms with Crippen molar-refractivity contribution >= 4 is 23.9 Å². The molecule has 0 radical (unpaired) electrons. The summed E-state index contributed by atoms with van der Waals surface area (Å²) in [5, 5.41) is 2.63. The molecule has 0 spiro atoms. The van der Waals surface area contributed by atoms with Crippen LogP contribution >= 0.6 is 0 Å². The van der Waals surface area contributed by atoms with E-state index in [2.05, 4.69) is 25.3 Å². The van der Waals surface area contributed by atoms with Crippen molar-refractivity contribution < 1.29 is 37.4 Å². The molecule has 0 aliphatic carbocycles. The Bertz CT molecular complexity index is 2560. The van der Waals surface area contributed by atoms with Gasteiger partial charge >= 0.3 is 12.1 Å². The first kappa shape index (κ1) is 41.6. The molecule has 6 aromatic rings. The van der Waals surface area contributed by atoms with Gasteiger partial charge in [-0.1, -0.05) is 84.9 Å². The number of hydrogen-bond donors (Lipinski definition) is 3. The standard InChI is InChI=1S/C47H45F2N7O6/c1-61-41(57)25-33(28-11-5-3-6-12-28)45(58)55-21-9-15-39(55)43-50-26-37(52-43)30-19-17-29(18-20-30)32-23-36(49)34(24-35(32)48)38-27-51-44(53-38)40-16-10-22-56(40)46(59)42(54-47(60)62-2)31-13-7-4-8-14-31/h3-8,11-14,17-20,23-24,26-27,33,39-40,42H,9-10,15-16,21-22,25H2,1-2H3,(H,50,52)(H,51,53)(H,54,60)/t33-,39+,40+,42-/m1/s1. The Hall–Kier alpha value is -7.16. The van der Waals surface area contributed by atoms with Gasteiger partial charge in [-0.15, -0.1) is 0 Å². The summed E-state index contributed by atoms with van der Waals surface area (Å²) in [7, 11) is 2.53. The van der Waals surface area contributed by atoms with E-state index in [0.29, 0.717) is 60.8 Å². The number of nitrogens with zero attached hydrogens (tertiary/aromatic N) is 4. The molecular weight excluding hydrogens is 797 g/mol. The highest BCUT2D eigenvalue weighted by Crippen LogP contribution is 2.38. The number of hydrogen-bond acceptors (Lipinski definition) is 8. The van der Waals surface area contributed by atoms with Crippen molar-refractivity contribution in [1.82, 2.24) is 35.1 Å². The molecule has 0 bridgehead atoms. The number of carbonyl (C=O) groups is 4. The van der Waals surface area contributed by atoms with E-state index in [0.717, 1.165) is 29.7 Å². The van der Waals surface area contributed by atoms with Gasteiger partial charge in [0.2, 0.25) is 5.91 Å². The molecule has 3 N–H and O–H groups in total. The number of likely N-dealkylation sites (tertiary alicyclic amines) is 2. The van der Waals surface area contributed by atoms with Crippen LogP contribution in [-0.2, 0) is 23.9 Å². The lowest BCUT2D eigenvalue weighted by Crippen LogP contribution is -2.42. The summed E-state index contributed by atoms with van der Waals surface area (Å²) in [6, 6.07) is 25.5. The molecule has 2 aliphatic rings. The van der Waals surface area contributed by atoms with Gasteiger partial charge in [-0.05, 0) is 60.1 Å². The van der Waals surface area contributed by atoms with Crippen molar-refractivity contribution in [2.75, 3.05) is 27.3 Å². The number of rotatable bonds is 12. The molecule has 0 saturated carbocycles. The lowest BCUT2D eigenvalue weighted by atomic mass is 9.94. The second-order valence-electron chi connectivity index (χ2n) is 15.4. The first-order chi connectivity index (χ1) is 30.1. The number of halogens is 2. The van der Waals surface area contributed by atoms with Crippen LogP contribution in [0.3, 0.4) is 0 Å². The van der Waals surface area contributed by atoms with Gasteiger partial charge < -0.3 is 34.6 Å². The average Bonchev–Trinajstić information content (AvgIpc) is 4.16. The van der Waals surface area contributed by atoms with Crippen LogP contribution in [-0.4, -0.2) is 80.9 Å². The maximum Gasteiger partial charge on any atom is 0.407 e. The summed E-state index contributed by atoms with van der Waals surface area (Å²) in [6.07, 6.45) is 5.02. The van der Waals surface area contributed by atoms with Crippen molar-refractivity contribution in [1.29, 1.82) is 0 Å². The second kappa shape index (κ2) is 18.2. The molecule has 2 aliphatic heterocycles. The summed E-state index contributed by atoms with van der Waals surface area (Å²) < 4.78 is 41.4. The molecule has 2 aromatic heterocycles. The number of imidazole rings is 2. The third-order valence-corrected chi connectivity index (χ3v) is 11.7. The van der Waals surface area contributed by atoms with Crippen molar-refractivity contribution in [2.24, 2.45) is 0 Å². The summed E-state index contributed by atoms with van der Waals surface area (Å²) in [5.41, 5.74) is 3.54. The number of esters is 1. The number of aromatic amines is 2. The number of methoxy groups -OCH3 is 2. The van der Waals surface area contributed by atoms with Gasteiger partial charge in [-0.2, -0.15) is 0 Å². The number of H-pyrrole nitrogens is 2. The SMILES string of the molecule is COC(=O)C[C@@H](C(=O)N1CCC[C@H]1c1ncc(-c2ccc(-c3cc(F)c(-c4cnc([C@@H]5CCCN5C(=O)[C@H](NC(=O)OC)c5ccccc5)[nH]4)cc3F)cc2)[nH]1)c1ccccc1. The van der Waals surface area contributed by atoms with E-state index in [-0.39, 0.29) is 41.1 Å². The molecule has 62 heavy (non-hydrogen) atoms. The first-order valence-corrected chi connectivity index (χ1v) is 20.5. The fraction of sp³-hybridized carbons (Fsp3) is 0.277. The number of aromatic nitrogens is 4. The van der Waals surface area contributed by atoms with Gasteiger partial charge in [0, 0.05) is 24.2 Å². The lowest BCUT2D eigenvalue weighted by molar-refractivity contribution is -0.145. The first-order valence-electron chi connectivity index (χ1n) is 20.5. The Kier molecular flexibility index (Phi) is 12.2. The van der Waals surface area contributed by atoms with Crippen LogP contribution < -0.4 is 5.32 Å². The highest BCUT2D eigenvalue weighted by molar-refractivity contribution is 5.89. The van der Waals surface area contributed by atoms with Gasteiger partial charge in [-0.3, -0.25) is 14.4 Å². The Morgan fingerprint density at radius 2 is 1.23 bits per heavy atom. The zero-order valence-electron chi connectivity index (χ0n) is 34.1. The van der Waals surface area contributed by atoms with Crippen molar-refractivity contribution in [2.45, 2.75) is 56.1 Å². The van der Waals surface area contributed by atoms with E-state index in [1.165, 1.54) is 20.4 Å². The third kappa shape index (κ3) is 8.55. The number of ether oxygens (including phenoxy) is 2. The summed E-state index contributed by atoms with van der Waals surface area (Å²) >= 11 is 0. The predicted octanol–water partition coefficient (Wildman–Crippen LogP) is 8.18. The van der Waals surface area contributed by atoms with Crippen LogP contribution in [0.5, 0.6) is 0 Å². The summed E-state index contributed by atoms with van der Waals surface area (Å²) in [5.74, 6) is -1.95. The minimum absolute atomic E-state index is 0.0168. The normalized spacial score (nSPS) is 17.1. The van der Waals surface area contributed by atoms with E-state index in [4.69, 9.17) is 9.47 Å². The molecule has 4 aromatic carbocycles. The van der Waals surface area contributed by atoms with E-state index >= 15 is 8.78 Å². The van der Waals surface area contributed by atoms with Crippen molar-refractivity contribution in [3.8, 4) is 33.6 Å². The number of carbonyl (C=O) groups excluding carboxylic acids is 4. The molecule has 3 amide bonds. The van der Waals surface area contributed by atoms with Crippen LogP contribution in [0.25, 0.3) is 33.6 Å². The van der Waals surface area contributed by atoms with Crippen molar-refractivity contribution in [3.63, 3.8) is 0 Å². The van der Waals surface area contributed by atoms with Crippen molar-refractivity contribution in [3.05, 3.63) is 144 Å². The maximum absolute atomic E-state index is 15.9. The Morgan fingerprint density at radius 1 is 0.694 bits per heavy atom. The fourth-order valence-electron chi connectivity index (χ4n) is 8.49. The monoisotopic (exact) mass is 841 g/mol. The lowest BCUT2D eigenvalue weighted by Gasteiger charge is -2.28. The van der Waals surface area contributed by atoms with Crippen LogP contribution in [0.2, 0.25) is 0 Å². The van der Waals surface area contributed by atoms with Gasteiger partial charge in [0.05, 0.1) is 62.4 Å². The van der Waals surface area contributed by atoms with Crippen LogP contribution in [0.1, 0.15) is 78.9 Å². The molecule has 4 atom stereocenters. The molecule has 0 unspecified atom stereocenters. The van der Waals surface area contributed by atoms with Gasteiger partial charge in [-0.25, -0.2) is 23.5 Å². The number of alkyl carbamates (subject to hydrolysis) is 1. The zero-order valence-corrected chi connectivity index (χ0v) is 34.1. The van der Waals surface area contributed by atoms with Crippen LogP contribution in [0.15, 0.2) is 109 Å². The van der Waals surface area contributed by atoms with Crippen LogP contribution in [0, 0.1) is 11.6 Å². The Labute approximate surface area is 356 Å². The topological polar surface area (TPSA) is 163 Å². The largest absolute Gasteiger partial charge is 0.469 e. The maximum atomic E-state index is 15.9. The fourth-order valence-corrected chi connectivity index (χ4v) is 8.49. The minimum atomic E-state index is -0.996. The summed E-state index contributed by atoms with van der Waals surface area (Å²) in [4.78, 5) is 71.4. The Balaban J connectivity index is 0.965. The van der Waals surface area contributed by atoms with Gasteiger partial charge in [0.1, 0.15) is 29.3 Å².